The van der Waals surface area contributed by atoms with Gasteiger partial charge in [-0.2, -0.15) is 0 Å². The van der Waals surface area contributed by atoms with Crippen LogP contribution in [0.1, 0.15) is 27.2 Å². The van der Waals surface area contributed by atoms with Crippen LogP contribution < -0.4 is 5.32 Å². The van der Waals surface area contributed by atoms with Crippen LogP contribution in [0, 0.1) is 5.41 Å². The maximum Gasteiger partial charge on any atom is 0.220 e. The van der Waals surface area contributed by atoms with Gasteiger partial charge in [0.05, 0.1) is 18.2 Å². The van der Waals surface area contributed by atoms with Crippen molar-refractivity contribution < 1.29 is 14.3 Å². The zero-order valence-electron chi connectivity index (χ0n) is 10.7. The second kappa shape index (κ2) is 8.47. The van der Waals surface area contributed by atoms with Gasteiger partial charge in [0.15, 0.2) is 7.85 Å². The van der Waals surface area contributed by atoms with Gasteiger partial charge in [0, 0.05) is 13.0 Å². The standard InChI is InChI=1S/C11H20BNO3S/c1-11(2,3)8-9(14)13-4-5-15-6-7-16-10(12)17/h4-8H2,1-3H3,(H,13,14). The normalized spacial score (nSPS) is 11.0. The summed E-state index contributed by atoms with van der Waals surface area (Å²) in [5, 5.41) is 2.78. The number of hydrogen-bond acceptors (Lipinski definition) is 4. The van der Waals surface area contributed by atoms with Crippen LogP contribution in [-0.4, -0.2) is 45.1 Å². The number of amides is 1. The summed E-state index contributed by atoms with van der Waals surface area (Å²) in [6.07, 6.45) is 0.511. The SMILES string of the molecule is [B]C(=S)OCCOCCNC(=O)CC(C)(C)C. The molecule has 4 nitrogen and oxygen atoms in total. The number of ether oxygens (including phenoxy) is 2. The fraction of sp³-hybridized carbons (Fsp3) is 0.818. The lowest BCUT2D eigenvalue weighted by atomic mass is 9.92. The predicted molar refractivity (Wildman–Crippen MR) is 72.2 cm³/mol. The van der Waals surface area contributed by atoms with Gasteiger partial charge in [0.25, 0.3) is 0 Å². The highest BCUT2D eigenvalue weighted by atomic mass is 32.1. The van der Waals surface area contributed by atoms with Crippen LogP contribution in [0.5, 0.6) is 0 Å². The minimum atomic E-state index is 0.00953. The molecule has 2 radical (unpaired) electrons. The highest BCUT2D eigenvalue weighted by Crippen LogP contribution is 2.17. The van der Waals surface area contributed by atoms with E-state index in [4.69, 9.17) is 17.3 Å². The molecular weight excluding hydrogens is 237 g/mol. The Morgan fingerprint density at radius 1 is 1.29 bits per heavy atom. The first-order chi connectivity index (χ1) is 7.81. The molecule has 0 bridgehead atoms. The van der Waals surface area contributed by atoms with E-state index >= 15 is 0 Å². The Morgan fingerprint density at radius 2 is 1.94 bits per heavy atom. The summed E-state index contributed by atoms with van der Waals surface area (Å²) in [4.78, 5) is 11.4. The van der Waals surface area contributed by atoms with Gasteiger partial charge in [-0.3, -0.25) is 4.79 Å². The van der Waals surface area contributed by atoms with Crippen molar-refractivity contribution in [3.63, 3.8) is 0 Å². The summed E-state index contributed by atoms with van der Waals surface area (Å²) in [5.41, 5.74) is 0.00953. The Labute approximate surface area is 110 Å². The van der Waals surface area contributed by atoms with E-state index in [1.165, 1.54) is 0 Å². The summed E-state index contributed by atoms with van der Waals surface area (Å²) in [7, 11) is 5.13. The number of rotatable bonds is 7. The van der Waals surface area contributed by atoms with E-state index in [-0.39, 0.29) is 16.3 Å². The van der Waals surface area contributed by atoms with Gasteiger partial charge >= 0.3 is 0 Å². The smallest absolute Gasteiger partial charge is 0.220 e. The van der Waals surface area contributed by atoms with E-state index in [1.54, 1.807) is 0 Å². The van der Waals surface area contributed by atoms with E-state index < -0.39 is 0 Å². The molecule has 1 N–H and O–H groups in total. The molecule has 17 heavy (non-hydrogen) atoms. The van der Waals surface area contributed by atoms with Crippen LogP contribution in [0.3, 0.4) is 0 Å². The van der Waals surface area contributed by atoms with Gasteiger partial charge in [0.2, 0.25) is 5.91 Å². The number of thiocarbonyl (C=S) groups is 1. The Morgan fingerprint density at radius 3 is 2.47 bits per heavy atom. The van der Waals surface area contributed by atoms with Gasteiger partial charge in [-0.15, -0.1) is 0 Å². The number of hydrogen-bond donors (Lipinski definition) is 1. The molecule has 1 amide bonds. The Bertz CT molecular complexity index is 254. The second-order valence-electron chi connectivity index (χ2n) is 4.87. The van der Waals surface area contributed by atoms with E-state index in [0.29, 0.717) is 32.8 Å². The molecule has 96 valence electrons. The van der Waals surface area contributed by atoms with Gasteiger partial charge in [-0.1, -0.05) is 33.0 Å². The molecule has 6 heteroatoms. The highest BCUT2D eigenvalue weighted by Gasteiger charge is 2.15. The van der Waals surface area contributed by atoms with Crippen LogP contribution in [-0.2, 0) is 14.3 Å². The zero-order valence-corrected chi connectivity index (χ0v) is 11.6. The number of nitrogens with one attached hydrogen (secondary N) is 1. The van der Waals surface area contributed by atoms with Crippen molar-refractivity contribution >= 4 is 30.9 Å². The summed E-state index contributed by atoms with van der Waals surface area (Å²) < 4.78 is 10.0. The molecule has 0 fully saturated rings. The molecule has 0 aliphatic carbocycles. The lowest BCUT2D eigenvalue weighted by Gasteiger charge is -2.17. The Balaban J connectivity index is 3.34. The predicted octanol–water partition coefficient (Wildman–Crippen LogP) is 1.03. The van der Waals surface area contributed by atoms with E-state index in [1.807, 2.05) is 20.8 Å². The largest absolute Gasteiger partial charge is 0.496 e. The molecule has 0 aliphatic rings. The Kier molecular flexibility index (Phi) is 8.17. The quantitative estimate of drug-likeness (QED) is 0.420. The highest BCUT2D eigenvalue weighted by molar-refractivity contribution is 7.82. The Hall–Kier alpha value is -0.615. The first-order valence-corrected chi connectivity index (χ1v) is 5.99. The van der Waals surface area contributed by atoms with E-state index in [9.17, 15) is 4.79 Å². The topological polar surface area (TPSA) is 47.6 Å². The summed E-state index contributed by atoms with van der Waals surface area (Å²) in [5.74, 6) is 0.0421. The van der Waals surface area contributed by atoms with Crippen LogP contribution in [0.25, 0.3) is 0 Å². The number of carbonyl (C=O) groups is 1. The third kappa shape index (κ3) is 13.3. The van der Waals surface area contributed by atoms with Crippen molar-refractivity contribution in [3.05, 3.63) is 0 Å². The average Bonchev–Trinajstić information content (AvgIpc) is 2.12. The fourth-order valence-electron chi connectivity index (χ4n) is 1.11. The fourth-order valence-corrected chi connectivity index (χ4v) is 1.19. The molecular formula is C11H20BNO3S. The van der Waals surface area contributed by atoms with Crippen molar-refractivity contribution in [2.45, 2.75) is 27.2 Å². The monoisotopic (exact) mass is 257 g/mol. The van der Waals surface area contributed by atoms with Crippen LogP contribution in [0.2, 0.25) is 0 Å². The van der Waals surface area contributed by atoms with Gasteiger partial charge in [0.1, 0.15) is 6.61 Å². The molecule has 0 aromatic rings. The molecule has 0 atom stereocenters. The molecule has 0 saturated carbocycles. The second-order valence-corrected chi connectivity index (χ2v) is 5.27. The molecule has 0 aromatic carbocycles. The van der Waals surface area contributed by atoms with Gasteiger partial charge in [-0.05, 0) is 5.41 Å². The molecule has 0 aliphatic heterocycles. The third-order valence-corrected chi connectivity index (χ3v) is 1.85. The molecule has 0 unspecified atom stereocenters. The molecule has 0 spiro atoms. The number of carbonyl (C=O) groups excluding carboxylic acids is 1. The van der Waals surface area contributed by atoms with Crippen molar-refractivity contribution in [1.29, 1.82) is 0 Å². The summed E-state index contributed by atoms with van der Waals surface area (Å²) in [6.45, 7) is 7.78. The molecule has 0 heterocycles. The maximum atomic E-state index is 11.4. The minimum Gasteiger partial charge on any atom is -0.496 e. The van der Waals surface area contributed by atoms with Crippen LogP contribution in [0.15, 0.2) is 0 Å². The van der Waals surface area contributed by atoms with Gasteiger partial charge < -0.3 is 14.8 Å². The molecule has 0 aromatic heterocycles. The zero-order chi connectivity index (χ0) is 13.3. The van der Waals surface area contributed by atoms with Crippen molar-refractivity contribution in [2.24, 2.45) is 5.41 Å². The maximum absolute atomic E-state index is 11.4. The van der Waals surface area contributed by atoms with Crippen molar-refractivity contribution in [3.8, 4) is 0 Å². The minimum absolute atomic E-state index is 0.00953. The van der Waals surface area contributed by atoms with Crippen LogP contribution >= 0.6 is 12.2 Å². The van der Waals surface area contributed by atoms with Crippen molar-refractivity contribution in [2.75, 3.05) is 26.4 Å². The third-order valence-electron chi connectivity index (χ3n) is 1.73. The van der Waals surface area contributed by atoms with Crippen molar-refractivity contribution in [1.82, 2.24) is 5.32 Å². The summed E-state index contributed by atoms with van der Waals surface area (Å²) in [6, 6.07) is 0. The van der Waals surface area contributed by atoms with Crippen LogP contribution in [0.4, 0.5) is 0 Å². The first-order valence-electron chi connectivity index (χ1n) is 5.58. The molecule has 0 saturated heterocycles. The van der Waals surface area contributed by atoms with E-state index in [0.717, 1.165) is 0 Å². The van der Waals surface area contributed by atoms with E-state index in [2.05, 4.69) is 17.5 Å². The molecule has 0 rings (SSSR count). The van der Waals surface area contributed by atoms with Gasteiger partial charge in [-0.25, -0.2) is 0 Å². The summed E-state index contributed by atoms with van der Waals surface area (Å²) >= 11 is 4.52. The first kappa shape index (κ1) is 16.4. The lowest BCUT2D eigenvalue weighted by Crippen LogP contribution is -2.30. The lowest BCUT2D eigenvalue weighted by molar-refractivity contribution is -0.123. The average molecular weight is 257 g/mol.